The standard InChI is InChI=1S/C10H13N3O/c14-9(13-5-4-11-7-13)12-10-3-1-2-8(10)6-10/h4-5,7-8H,1-3,6H2,(H,12,14). The zero-order valence-electron chi connectivity index (χ0n) is 7.94. The molecule has 0 bridgehead atoms. The zero-order valence-corrected chi connectivity index (χ0v) is 7.94. The fourth-order valence-corrected chi connectivity index (χ4v) is 2.60. The Labute approximate surface area is 82.3 Å². The normalized spacial score (nSPS) is 33.9. The van der Waals surface area contributed by atoms with E-state index in [0.717, 1.165) is 12.3 Å². The summed E-state index contributed by atoms with van der Waals surface area (Å²) in [5, 5.41) is 3.12. The second-order valence-corrected chi connectivity index (χ2v) is 4.35. The van der Waals surface area contributed by atoms with Crippen LogP contribution in [0.25, 0.3) is 0 Å². The Morgan fingerprint density at radius 1 is 1.64 bits per heavy atom. The summed E-state index contributed by atoms with van der Waals surface area (Å²) in [4.78, 5) is 15.6. The van der Waals surface area contributed by atoms with E-state index in [1.54, 1.807) is 12.4 Å². The number of fused-ring (bicyclic) bond motifs is 1. The van der Waals surface area contributed by atoms with Gasteiger partial charge in [-0.25, -0.2) is 9.78 Å². The average Bonchev–Trinajstić information content (AvgIpc) is 2.62. The van der Waals surface area contributed by atoms with Crippen LogP contribution in [0.2, 0.25) is 0 Å². The Hall–Kier alpha value is -1.32. The van der Waals surface area contributed by atoms with Gasteiger partial charge in [-0.15, -0.1) is 0 Å². The Bertz CT molecular complexity index is 359. The second-order valence-electron chi connectivity index (χ2n) is 4.35. The van der Waals surface area contributed by atoms with Crippen LogP contribution in [-0.2, 0) is 0 Å². The maximum atomic E-state index is 11.7. The predicted molar refractivity (Wildman–Crippen MR) is 50.8 cm³/mol. The molecule has 2 aliphatic carbocycles. The van der Waals surface area contributed by atoms with E-state index < -0.39 is 0 Å². The van der Waals surface area contributed by atoms with Gasteiger partial charge < -0.3 is 5.32 Å². The number of rotatable bonds is 1. The smallest absolute Gasteiger partial charge is 0.327 e. The van der Waals surface area contributed by atoms with Crippen molar-refractivity contribution in [3.63, 3.8) is 0 Å². The van der Waals surface area contributed by atoms with E-state index in [0.29, 0.717) is 0 Å². The molecule has 0 spiro atoms. The summed E-state index contributed by atoms with van der Waals surface area (Å²) in [5.74, 6) is 0.745. The molecule has 14 heavy (non-hydrogen) atoms. The van der Waals surface area contributed by atoms with Crippen molar-refractivity contribution in [2.75, 3.05) is 0 Å². The molecule has 3 rings (SSSR count). The maximum absolute atomic E-state index is 11.7. The molecule has 1 N–H and O–H groups in total. The Morgan fingerprint density at radius 2 is 2.57 bits per heavy atom. The van der Waals surface area contributed by atoms with Crippen molar-refractivity contribution in [3.8, 4) is 0 Å². The highest BCUT2D eigenvalue weighted by Crippen LogP contribution is 2.55. The van der Waals surface area contributed by atoms with Crippen LogP contribution in [0.3, 0.4) is 0 Å². The number of aromatic nitrogens is 2. The summed E-state index contributed by atoms with van der Waals surface area (Å²) in [7, 11) is 0. The minimum Gasteiger partial charge on any atom is -0.332 e. The van der Waals surface area contributed by atoms with Gasteiger partial charge in [-0.1, -0.05) is 6.42 Å². The molecular weight excluding hydrogens is 178 g/mol. The monoisotopic (exact) mass is 191 g/mol. The number of hydrogen-bond acceptors (Lipinski definition) is 2. The van der Waals surface area contributed by atoms with Gasteiger partial charge in [-0.3, -0.25) is 4.57 Å². The van der Waals surface area contributed by atoms with E-state index in [1.807, 2.05) is 0 Å². The van der Waals surface area contributed by atoms with Gasteiger partial charge in [0.15, 0.2) is 0 Å². The van der Waals surface area contributed by atoms with Crippen LogP contribution in [0.15, 0.2) is 18.7 Å². The molecule has 74 valence electrons. The van der Waals surface area contributed by atoms with Crippen molar-refractivity contribution < 1.29 is 4.79 Å². The summed E-state index contributed by atoms with van der Waals surface area (Å²) in [6.07, 6.45) is 9.71. The van der Waals surface area contributed by atoms with Crippen molar-refractivity contribution in [1.82, 2.24) is 14.9 Å². The molecule has 2 atom stereocenters. The third kappa shape index (κ3) is 1.06. The molecule has 0 radical (unpaired) electrons. The van der Waals surface area contributed by atoms with Crippen molar-refractivity contribution >= 4 is 6.03 Å². The van der Waals surface area contributed by atoms with Crippen molar-refractivity contribution in [2.24, 2.45) is 5.92 Å². The molecule has 2 saturated carbocycles. The first-order chi connectivity index (χ1) is 6.80. The molecule has 0 aromatic carbocycles. The third-order valence-corrected chi connectivity index (χ3v) is 3.50. The van der Waals surface area contributed by atoms with E-state index >= 15 is 0 Å². The highest BCUT2D eigenvalue weighted by atomic mass is 16.2. The second kappa shape index (κ2) is 2.59. The van der Waals surface area contributed by atoms with E-state index in [9.17, 15) is 4.79 Å². The van der Waals surface area contributed by atoms with Crippen LogP contribution in [0.5, 0.6) is 0 Å². The first-order valence-electron chi connectivity index (χ1n) is 5.11. The molecule has 2 aliphatic rings. The van der Waals surface area contributed by atoms with Gasteiger partial charge in [0.25, 0.3) is 0 Å². The first kappa shape index (κ1) is 8.03. The van der Waals surface area contributed by atoms with Crippen LogP contribution in [0.1, 0.15) is 25.7 Å². The number of carbonyl (C=O) groups is 1. The van der Waals surface area contributed by atoms with E-state index in [1.165, 1.54) is 30.2 Å². The van der Waals surface area contributed by atoms with Crippen LogP contribution >= 0.6 is 0 Å². The van der Waals surface area contributed by atoms with Gasteiger partial charge in [0.05, 0.1) is 0 Å². The number of amides is 1. The predicted octanol–water partition coefficient (Wildman–Crippen LogP) is 1.38. The lowest BCUT2D eigenvalue weighted by atomic mass is 10.2. The van der Waals surface area contributed by atoms with Crippen molar-refractivity contribution in [2.45, 2.75) is 31.2 Å². The average molecular weight is 191 g/mol. The number of nitrogens with one attached hydrogen (secondary N) is 1. The maximum Gasteiger partial charge on any atom is 0.327 e. The molecule has 1 amide bonds. The van der Waals surface area contributed by atoms with Crippen molar-refractivity contribution in [1.29, 1.82) is 0 Å². The van der Waals surface area contributed by atoms with Crippen LogP contribution in [0.4, 0.5) is 4.79 Å². The summed E-state index contributed by atoms with van der Waals surface area (Å²) < 4.78 is 1.50. The lowest BCUT2D eigenvalue weighted by Gasteiger charge is -2.14. The van der Waals surface area contributed by atoms with Gasteiger partial charge in [-0.2, -0.15) is 0 Å². The minimum atomic E-state index is -0.0353. The minimum absolute atomic E-state index is 0.0353. The lowest BCUT2D eigenvalue weighted by Crippen LogP contribution is -2.39. The Kier molecular flexibility index (Phi) is 1.48. The summed E-state index contributed by atoms with van der Waals surface area (Å²) >= 11 is 0. The van der Waals surface area contributed by atoms with Gasteiger partial charge in [-0.05, 0) is 25.2 Å². The molecule has 4 heteroatoms. The largest absolute Gasteiger partial charge is 0.332 e. The summed E-state index contributed by atoms with van der Waals surface area (Å²) in [6, 6.07) is -0.0353. The lowest BCUT2D eigenvalue weighted by molar-refractivity contribution is 0.236. The number of nitrogens with zero attached hydrogens (tertiary/aromatic N) is 2. The number of carbonyl (C=O) groups excluding carboxylic acids is 1. The van der Waals surface area contributed by atoms with Gasteiger partial charge >= 0.3 is 6.03 Å². The molecule has 0 saturated heterocycles. The zero-order chi connectivity index (χ0) is 9.60. The Balaban J connectivity index is 1.71. The highest BCUT2D eigenvalue weighted by Gasteiger charge is 2.57. The highest BCUT2D eigenvalue weighted by molar-refractivity contribution is 5.77. The van der Waals surface area contributed by atoms with E-state index in [2.05, 4.69) is 10.3 Å². The summed E-state index contributed by atoms with van der Waals surface area (Å²) in [5.41, 5.74) is 0.154. The number of hydrogen-bond donors (Lipinski definition) is 1. The summed E-state index contributed by atoms with van der Waals surface area (Å²) in [6.45, 7) is 0. The quantitative estimate of drug-likeness (QED) is 0.729. The molecule has 2 fully saturated rings. The number of imidazole rings is 1. The molecular formula is C10H13N3O. The molecule has 1 heterocycles. The molecule has 2 unspecified atom stereocenters. The van der Waals surface area contributed by atoms with Gasteiger partial charge in [0, 0.05) is 17.9 Å². The fraction of sp³-hybridized carbons (Fsp3) is 0.600. The van der Waals surface area contributed by atoms with E-state index in [-0.39, 0.29) is 11.6 Å². The molecule has 1 aromatic rings. The molecule has 1 aromatic heterocycles. The van der Waals surface area contributed by atoms with Crippen molar-refractivity contribution in [3.05, 3.63) is 18.7 Å². The topological polar surface area (TPSA) is 46.9 Å². The third-order valence-electron chi connectivity index (χ3n) is 3.50. The Morgan fingerprint density at radius 3 is 3.14 bits per heavy atom. The first-order valence-corrected chi connectivity index (χ1v) is 5.11. The fourth-order valence-electron chi connectivity index (χ4n) is 2.60. The van der Waals surface area contributed by atoms with E-state index in [4.69, 9.17) is 0 Å². The SMILES string of the molecule is O=C(NC12CCCC1C2)n1ccnc1. The van der Waals surface area contributed by atoms with Crippen LogP contribution < -0.4 is 5.32 Å². The molecule has 4 nitrogen and oxygen atoms in total. The molecule has 0 aliphatic heterocycles. The van der Waals surface area contributed by atoms with Crippen LogP contribution in [0, 0.1) is 5.92 Å². The van der Waals surface area contributed by atoms with Gasteiger partial charge in [0.1, 0.15) is 6.33 Å². The van der Waals surface area contributed by atoms with Crippen LogP contribution in [-0.4, -0.2) is 21.1 Å². The van der Waals surface area contributed by atoms with Gasteiger partial charge in [0.2, 0.25) is 0 Å².